The third-order valence-electron chi connectivity index (χ3n) is 14.7. The van der Waals surface area contributed by atoms with Gasteiger partial charge in [-0.2, -0.15) is 24.9 Å². The lowest BCUT2D eigenvalue weighted by atomic mass is 10.2. The predicted octanol–water partition coefficient (Wildman–Crippen LogP) is 8.76. The van der Waals surface area contributed by atoms with E-state index in [-0.39, 0.29) is 43.3 Å². The number of ether oxygens (including phenoxy) is 6. The summed E-state index contributed by atoms with van der Waals surface area (Å²) in [6.07, 6.45) is 18.2. The zero-order valence-electron chi connectivity index (χ0n) is 50.2. The number of methoxy groups -OCH3 is 6. The molecule has 0 unspecified atom stereocenters. The number of benzene rings is 2. The van der Waals surface area contributed by atoms with Gasteiger partial charge in [0, 0.05) is 62.0 Å². The summed E-state index contributed by atoms with van der Waals surface area (Å²) in [4.78, 5) is 50.7. The molecule has 482 valence electrons. The Hall–Kier alpha value is -8.96. The maximum absolute atomic E-state index is 9.84. The zero-order chi connectivity index (χ0) is 63.7. The molecule has 3 aliphatic heterocycles. The number of nitrogens with zero attached hydrogens (tertiary/aromatic N) is 15. The number of anilines is 5. The van der Waals surface area contributed by atoms with E-state index in [0.717, 1.165) is 85.5 Å². The highest BCUT2D eigenvalue weighted by atomic mass is 35.5. The number of nitrogen functional groups attached to an aromatic ring is 1. The first-order chi connectivity index (χ1) is 43.8. The largest absolute Gasteiger partial charge is 0.493 e. The van der Waals surface area contributed by atoms with Gasteiger partial charge < -0.3 is 79.0 Å². The molecule has 30 heteroatoms. The molecule has 3 fully saturated rings. The average Bonchev–Trinajstić information content (AvgIpc) is 1.89. The molecule has 0 radical (unpaired) electrons. The van der Waals surface area contributed by atoms with E-state index in [4.69, 9.17) is 79.0 Å². The van der Waals surface area contributed by atoms with E-state index in [2.05, 4.69) is 70.3 Å². The highest BCUT2D eigenvalue weighted by Crippen LogP contribution is 2.41. The molecule has 13 rings (SSSR count). The fraction of sp³-hybridized carbons (Fsp3) is 0.361. The van der Waals surface area contributed by atoms with Crippen LogP contribution in [0.4, 0.5) is 29.2 Å². The standard InChI is InChI=1S/C24H27N7O4.C12H13ClN4O.C12H15N3O3.C7H3Cl2N3.C5H11NO.CH4/c1-33-18-10-16(11-19(34-2)21(18)35-3)30-12-20(26-14-30)27-24-28-22-17(7-4-8-25-22)23(29-24)31-9-5-6-15(31)13-32;13-12-15-10-9(4-1-5-14-10)11(16-12)17-6-2-3-8(17)7-18;1-16-9-4-8(15-6-11(13)14-7-15)5-10(17-2)12(9)18-3;8-5-4-2-1-3-10-6(4)12-7(9)11-5;7-4-5-2-1-3-6-5;/h4,7-8,10-12,14-15,32H,5-6,9,13H2,1-3H3,(H,25,27,28,29);1,4-5,8,18H,2-3,6-7H2;4-7H,13H2,1-3H3;1-3H;5-7H,1-4H2;1H4/t15-;8-;;;5-;/m00..0./s1. The Morgan fingerprint density at radius 3 is 1.47 bits per heavy atom. The Morgan fingerprint density at radius 2 is 1.02 bits per heavy atom. The molecule has 11 heterocycles. The van der Waals surface area contributed by atoms with Crippen molar-refractivity contribution in [3.63, 3.8) is 0 Å². The topological polar surface area (TPSA) is 324 Å². The summed E-state index contributed by atoms with van der Waals surface area (Å²) >= 11 is 17.3. The molecule has 3 saturated heterocycles. The van der Waals surface area contributed by atoms with Crippen molar-refractivity contribution < 1.29 is 43.7 Å². The summed E-state index contributed by atoms with van der Waals surface area (Å²) in [5.74, 6) is 6.24. The Labute approximate surface area is 540 Å². The minimum absolute atomic E-state index is 0. The quantitative estimate of drug-likeness (QED) is 0.0412. The molecule has 0 aliphatic carbocycles. The minimum atomic E-state index is 0. The third kappa shape index (κ3) is 16.5. The van der Waals surface area contributed by atoms with Gasteiger partial charge in [-0.15, -0.1) is 0 Å². The molecule has 0 amide bonds. The van der Waals surface area contributed by atoms with E-state index in [1.807, 2.05) is 59.3 Å². The monoisotopic (exact) mass is 1310 g/mol. The average molecular weight is 1310 g/mol. The van der Waals surface area contributed by atoms with E-state index >= 15 is 0 Å². The van der Waals surface area contributed by atoms with Gasteiger partial charge in [-0.1, -0.05) is 19.0 Å². The number of aliphatic hydroxyl groups excluding tert-OH is 3. The van der Waals surface area contributed by atoms with Gasteiger partial charge in [-0.3, -0.25) is 0 Å². The lowest BCUT2D eigenvalue weighted by molar-refractivity contribution is 0.255. The molecule has 2 aromatic carbocycles. The summed E-state index contributed by atoms with van der Waals surface area (Å²) in [6.45, 7) is 3.30. The summed E-state index contributed by atoms with van der Waals surface area (Å²) in [5.41, 5.74) is 8.89. The second-order valence-corrected chi connectivity index (χ2v) is 21.2. The number of nitrogens with two attached hydrogens (primary N) is 1. The summed E-state index contributed by atoms with van der Waals surface area (Å²) in [7, 11) is 9.43. The van der Waals surface area contributed by atoms with Gasteiger partial charge in [-0.25, -0.2) is 29.9 Å². The van der Waals surface area contributed by atoms with Crippen LogP contribution in [-0.2, 0) is 0 Å². The molecule has 91 heavy (non-hydrogen) atoms. The van der Waals surface area contributed by atoms with E-state index in [9.17, 15) is 10.2 Å². The molecule has 7 N–H and O–H groups in total. The van der Waals surface area contributed by atoms with Gasteiger partial charge in [0.05, 0.1) is 114 Å². The van der Waals surface area contributed by atoms with E-state index < -0.39 is 0 Å². The van der Waals surface area contributed by atoms with Crippen LogP contribution >= 0.6 is 34.8 Å². The molecule has 8 aromatic heterocycles. The molecular weight excluding hydrogens is 1240 g/mol. The molecular formula is C61H73Cl3N18O9. The molecule has 27 nitrogen and oxygen atoms in total. The zero-order valence-corrected chi connectivity index (χ0v) is 52.5. The summed E-state index contributed by atoms with van der Waals surface area (Å²) in [6, 6.07) is 19.0. The fourth-order valence-corrected chi connectivity index (χ4v) is 10.9. The van der Waals surface area contributed by atoms with Crippen molar-refractivity contribution in [2.45, 2.75) is 64.1 Å². The Bertz CT molecular complexity index is 3950. The summed E-state index contributed by atoms with van der Waals surface area (Å²) in [5, 5.41) is 37.2. The maximum atomic E-state index is 9.84. The van der Waals surface area contributed by atoms with Gasteiger partial charge in [0.15, 0.2) is 45.8 Å². The van der Waals surface area contributed by atoms with E-state index in [0.29, 0.717) is 92.2 Å². The number of aromatic nitrogens is 13. The first kappa shape index (κ1) is 68.0. The van der Waals surface area contributed by atoms with Crippen LogP contribution in [0.5, 0.6) is 34.5 Å². The van der Waals surface area contributed by atoms with Crippen molar-refractivity contribution in [2.75, 3.05) is 103 Å². The van der Waals surface area contributed by atoms with E-state index in [1.165, 1.54) is 6.42 Å². The normalized spacial score (nSPS) is 15.6. The van der Waals surface area contributed by atoms with Crippen LogP contribution in [0.1, 0.15) is 46.0 Å². The number of nitrogens with one attached hydrogen (secondary N) is 2. The van der Waals surface area contributed by atoms with Gasteiger partial charge in [0.2, 0.25) is 28.0 Å². The second-order valence-electron chi connectivity index (χ2n) is 20.2. The molecule has 0 bridgehead atoms. The SMILES string of the molecule is C.COc1cc(-n2cnc(N)c2)cc(OC)c1OC.COc1cc(-n2cnc(Nc3nc(N4CCC[C@H]4CO)c4cccnc4n3)c2)cc(OC)c1OC.Clc1nc(Cl)c2cccnc2n1.OC[C@@H]1CCCN1.OC[C@@H]1CCCN1c1nc(Cl)nc2ncccc12. The van der Waals surface area contributed by atoms with Crippen LogP contribution in [0.15, 0.2) is 104 Å². The third-order valence-corrected chi connectivity index (χ3v) is 15.3. The number of aliphatic hydroxyl groups is 3. The first-order valence-corrected chi connectivity index (χ1v) is 29.6. The smallest absolute Gasteiger partial charge is 0.232 e. The molecule has 0 spiro atoms. The number of imidazole rings is 2. The predicted molar refractivity (Wildman–Crippen MR) is 351 cm³/mol. The fourth-order valence-electron chi connectivity index (χ4n) is 10.3. The molecule has 0 saturated carbocycles. The van der Waals surface area contributed by atoms with Gasteiger partial charge in [0.1, 0.15) is 35.3 Å². The lowest BCUT2D eigenvalue weighted by Gasteiger charge is -2.25. The molecule has 3 aliphatic rings. The number of hydrogen-bond donors (Lipinski definition) is 6. The van der Waals surface area contributed by atoms with Crippen molar-refractivity contribution in [2.24, 2.45) is 0 Å². The van der Waals surface area contributed by atoms with Gasteiger partial charge in [0.25, 0.3) is 0 Å². The molecule has 3 atom stereocenters. The van der Waals surface area contributed by atoms with Crippen LogP contribution in [0.25, 0.3) is 44.5 Å². The van der Waals surface area contributed by atoms with Gasteiger partial charge in [-0.05, 0) is 105 Å². The summed E-state index contributed by atoms with van der Waals surface area (Å²) < 4.78 is 35.7. The van der Waals surface area contributed by atoms with Gasteiger partial charge >= 0.3 is 0 Å². The number of fused-ring (bicyclic) bond motifs is 3. The number of hydrogen-bond acceptors (Lipinski definition) is 25. The van der Waals surface area contributed by atoms with Crippen molar-refractivity contribution >= 4 is 97.1 Å². The second kappa shape index (κ2) is 32.7. The first-order valence-electron chi connectivity index (χ1n) is 28.5. The minimum Gasteiger partial charge on any atom is -0.493 e. The Kier molecular flexibility index (Phi) is 24.4. The maximum Gasteiger partial charge on any atom is 0.232 e. The number of rotatable bonds is 15. The highest BCUT2D eigenvalue weighted by molar-refractivity contribution is 6.35. The van der Waals surface area contributed by atoms with Crippen LogP contribution in [0.2, 0.25) is 15.7 Å². The molecule has 10 aromatic rings. The van der Waals surface area contributed by atoms with Crippen LogP contribution < -0.4 is 54.6 Å². The lowest BCUT2D eigenvalue weighted by Crippen LogP contribution is -2.33. The number of pyridine rings is 3. The van der Waals surface area contributed by atoms with Crippen LogP contribution in [0.3, 0.4) is 0 Å². The van der Waals surface area contributed by atoms with E-state index in [1.54, 1.807) is 96.8 Å². The van der Waals surface area contributed by atoms with Crippen LogP contribution in [0, 0.1) is 0 Å². The van der Waals surface area contributed by atoms with Crippen molar-refractivity contribution in [3.8, 4) is 45.9 Å². The van der Waals surface area contributed by atoms with Crippen molar-refractivity contribution in [3.05, 3.63) is 120 Å². The Balaban J connectivity index is 0.000000161. The highest BCUT2D eigenvalue weighted by Gasteiger charge is 2.29. The Morgan fingerprint density at radius 1 is 0.549 bits per heavy atom. The van der Waals surface area contributed by atoms with Crippen LogP contribution in [-0.4, -0.2) is 180 Å². The van der Waals surface area contributed by atoms with Crippen molar-refractivity contribution in [1.29, 1.82) is 0 Å². The number of halogens is 3. The van der Waals surface area contributed by atoms with Crippen molar-refractivity contribution in [1.82, 2.24) is 69.3 Å².